The summed E-state index contributed by atoms with van der Waals surface area (Å²) in [4.78, 5) is 22.8. The van der Waals surface area contributed by atoms with E-state index in [1.165, 1.54) is 6.92 Å². The number of hydrogen-bond donors (Lipinski definition) is 2. The van der Waals surface area contributed by atoms with Gasteiger partial charge in [-0.3, -0.25) is 9.59 Å². The van der Waals surface area contributed by atoms with Crippen LogP contribution in [0.15, 0.2) is 18.2 Å². The van der Waals surface area contributed by atoms with E-state index in [9.17, 15) is 9.59 Å². The van der Waals surface area contributed by atoms with Gasteiger partial charge in [0.25, 0.3) is 0 Å². The van der Waals surface area contributed by atoms with Crippen molar-refractivity contribution in [3.63, 3.8) is 0 Å². The van der Waals surface area contributed by atoms with Crippen molar-refractivity contribution in [3.05, 3.63) is 29.3 Å². The quantitative estimate of drug-likeness (QED) is 0.755. The van der Waals surface area contributed by atoms with E-state index in [4.69, 9.17) is 5.73 Å². The van der Waals surface area contributed by atoms with Gasteiger partial charge in [-0.15, -0.1) is 0 Å². The zero-order valence-corrected chi connectivity index (χ0v) is 9.54. The van der Waals surface area contributed by atoms with E-state index in [2.05, 4.69) is 5.32 Å². The highest BCUT2D eigenvalue weighted by Gasteiger charge is 2.11. The largest absolute Gasteiger partial charge is 0.330 e. The molecule has 4 heteroatoms. The van der Waals surface area contributed by atoms with Gasteiger partial charge in [0.2, 0.25) is 5.91 Å². The fraction of sp³-hybridized carbons (Fsp3) is 0.333. The first-order valence-electron chi connectivity index (χ1n) is 5.16. The van der Waals surface area contributed by atoms with Crippen molar-refractivity contribution < 1.29 is 9.59 Å². The maximum atomic E-state index is 11.8. The molecular formula is C12H16N2O2. The number of carbonyl (C=O) groups excluding carboxylic acids is 2. The average molecular weight is 220 g/mol. The summed E-state index contributed by atoms with van der Waals surface area (Å²) >= 11 is 0. The summed E-state index contributed by atoms with van der Waals surface area (Å²) in [6.45, 7) is 3.63. The van der Waals surface area contributed by atoms with Crippen molar-refractivity contribution in [2.24, 2.45) is 5.73 Å². The molecule has 1 amide bonds. The predicted octanol–water partition coefficient (Wildman–Crippen LogP) is 1.48. The molecular weight excluding hydrogens is 204 g/mol. The molecule has 0 radical (unpaired) electrons. The molecule has 0 saturated heterocycles. The summed E-state index contributed by atoms with van der Waals surface area (Å²) < 4.78 is 0. The Morgan fingerprint density at radius 3 is 2.62 bits per heavy atom. The molecule has 1 rings (SSSR count). The van der Waals surface area contributed by atoms with Crippen molar-refractivity contribution in [2.45, 2.75) is 20.3 Å². The fourth-order valence-electron chi connectivity index (χ4n) is 1.45. The average Bonchev–Trinajstić information content (AvgIpc) is 2.20. The number of nitrogens with two attached hydrogens (primary N) is 1. The number of anilines is 1. The summed E-state index contributed by atoms with van der Waals surface area (Å²) in [7, 11) is 0. The van der Waals surface area contributed by atoms with Crippen LogP contribution < -0.4 is 11.1 Å². The molecule has 0 aliphatic rings. The zero-order chi connectivity index (χ0) is 12.1. The Hall–Kier alpha value is -1.68. The van der Waals surface area contributed by atoms with Gasteiger partial charge in [0, 0.05) is 18.9 Å². The van der Waals surface area contributed by atoms with Crippen LogP contribution in [-0.4, -0.2) is 18.2 Å². The maximum absolute atomic E-state index is 11.8. The second-order valence-corrected chi connectivity index (χ2v) is 3.69. The van der Waals surface area contributed by atoms with Crippen LogP contribution in [0.5, 0.6) is 0 Å². The molecule has 86 valence electrons. The third-order valence-electron chi connectivity index (χ3n) is 2.16. The lowest BCUT2D eigenvalue weighted by Gasteiger charge is -2.09. The van der Waals surface area contributed by atoms with Crippen LogP contribution in [-0.2, 0) is 4.79 Å². The van der Waals surface area contributed by atoms with E-state index < -0.39 is 0 Å². The standard InChI is InChI=1S/C12H16N2O2/c1-8-3-4-11(14-9(2)15)10(7-8)12(16)5-6-13/h3-4,7H,5-6,13H2,1-2H3,(H,14,15). The maximum Gasteiger partial charge on any atom is 0.221 e. The Bertz CT molecular complexity index is 413. The van der Waals surface area contributed by atoms with E-state index in [-0.39, 0.29) is 18.1 Å². The van der Waals surface area contributed by atoms with E-state index in [1.54, 1.807) is 12.1 Å². The number of aryl methyl sites for hydroxylation is 1. The van der Waals surface area contributed by atoms with Gasteiger partial charge >= 0.3 is 0 Å². The Kier molecular flexibility index (Phi) is 4.19. The van der Waals surface area contributed by atoms with Crippen LogP contribution in [0, 0.1) is 6.92 Å². The van der Waals surface area contributed by atoms with Crippen molar-refractivity contribution in [1.29, 1.82) is 0 Å². The van der Waals surface area contributed by atoms with Crippen LogP contribution >= 0.6 is 0 Å². The number of benzene rings is 1. The second-order valence-electron chi connectivity index (χ2n) is 3.69. The molecule has 0 spiro atoms. The highest BCUT2D eigenvalue weighted by atomic mass is 16.1. The molecule has 0 heterocycles. The first-order valence-corrected chi connectivity index (χ1v) is 5.16. The molecule has 0 bridgehead atoms. The zero-order valence-electron chi connectivity index (χ0n) is 9.54. The number of ketones is 1. The Morgan fingerprint density at radius 2 is 2.06 bits per heavy atom. The molecule has 16 heavy (non-hydrogen) atoms. The number of nitrogens with one attached hydrogen (secondary N) is 1. The number of Topliss-reactive ketones (excluding diaryl/α,β-unsaturated/α-hetero) is 1. The summed E-state index contributed by atoms with van der Waals surface area (Å²) in [5.74, 6) is -0.236. The van der Waals surface area contributed by atoms with Gasteiger partial charge in [-0.2, -0.15) is 0 Å². The second kappa shape index (κ2) is 5.42. The third-order valence-corrected chi connectivity index (χ3v) is 2.16. The van der Waals surface area contributed by atoms with Gasteiger partial charge < -0.3 is 11.1 Å². The van der Waals surface area contributed by atoms with Crippen LogP contribution in [0.25, 0.3) is 0 Å². The molecule has 4 nitrogen and oxygen atoms in total. The molecule has 0 unspecified atom stereocenters. The van der Waals surface area contributed by atoms with E-state index in [0.717, 1.165) is 5.56 Å². The highest BCUT2D eigenvalue weighted by Crippen LogP contribution is 2.19. The fourth-order valence-corrected chi connectivity index (χ4v) is 1.45. The van der Waals surface area contributed by atoms with E-state index in [0.29, 0.717) is 17.8 Å². The smallest absolute Gasteiger partial charge is 0.221 e. The molecule has 0 aliphatic carbocycles. The van der Waals surface area contributed by atoms with Crippen LogP contribution in [0.1, 0.15) is 29.3 Å². The lowest BCUT2D eigenvalue weighted by molar-refractivity contribution is -0.114. The number of amides is 1. The van der Waals surface area contributed by atoms with Gasteiger partial charge in [-0.05, 0) is 25.6 Å². The number of hydrogen-bond acceptors (Lipinski definition) is 3. The first-order chi connectivity index (χ1) is 7.54. The van der Waals surface area contributed by atoms with Gasteiger partial charge in [0.15, 0.2) is 5.78 Å². The monoisotopic (exact) mass is 220 g/mol. The number of rotatable bonds is 4. The van der Waals surface area contributed by atoms with Gasteiger partial charge in [0.05, 0.1) is 5.69 Å². The molecule has 0 aromatic heterocycles. The first kappa shape index (κ1) is 12.4. The van der Waals surface area contributed by atoms with Crippen molar-refractivity contribution in [2.75, 3.05) is 11.9 Å². The summed E-state index contributed by atoms with van der Waals surface area (Å²) in [6, 6.07) is 5.36. The molecule has 1 aromatic rings. The SMILES string of the molecule is CC(=O)Nc1ccc(C)cc1C(=O)CCN. The Balaban J connectivity index is 3.07. The van der Waals surface area contributed by atoms with Gasteiger partial charge in [-0.25, -0.2) is 0 Å². The molecule has 0 atom stereocenters. The normalized spacial score (nSPS) is 9.94. The minimum Gasteiger partial charge on any atom is -0.330 e. The summed E-state index contributed by atoms with van der Waals surface area (Å²) in [6.07, 6.45) is 0.288. The minimum absolute atomic E-state index is 0.0463. The van der Waals surface area contributed by atoms with E-state index >= 15 is 0 Å². The van der Waals surface area contributed by atoms with Gasteiger partial charge in [0.1, 0.15) is 0 Å². The van der Waals surface area contributed by atoms with E-state index in [1.807, 2.05) is 13.0 Å². The number of carbonyl (C=O) groups is 2. The Morgan fingerprint density at radius 1 is 1.38 bits per heavy atom. The van der Waals surface area contributed by atoms with Crippen LogP contribution in [0.4, 0.5) is 5.69 Å². The summed E-state index contributed by atoms with van der Waals surface area (Å²) in [5, 5.41) is 2.64. The molecule has 3 N–H and O–H groups in total. The summed E-state index contributed by atoms with van der Waals surface area (Å²) in [5.41, 5.74) is 7.41. The molecule has 0 saturated carbocycles. The van der Waals surface area contributed by atoms with Crippen molar-refractivity contribution >= 4 is 17.4 Å². The third kappa shape index (κ3) is 3.17. The van der Waals surface area contributed by atoms with Crippen LogP contribution in [0.3, 0.4) is 0 Å². The van der Waals surface area contributed by atoms with Crippen molar-refractivity contribution in [3.8, 4) is 0 Å². The molecule has 0 fully saturated rings. The predicted molar refractivity (Wildman–Crippen MR) is 63.5 cm³/mol. The van der Waals surface area contributed by atoms with Crippen molar-refractivity contribution in [1.82, 2.24) is 0 Å². The minimum atomic E-state index is -0.189. The molecule has 0 aliphatic heterocycles. The lowest BCUT2D eigenvalue weighted by Crippen LogP contribution is -2.13. The van der Waals surface area contributed by atoms with Crippen LogP contribution in [0.2, 0.25) is 0 Å². The highest BCUT2D eigenvalue weighted by molar-refractivity contribution is 6.04. The Labute approximate surface area is 94.8 Å². The lowest BCUT2D eigenvalue weighted by atomic mass is 10.0. The van der Waals surface area contributed by atoms with Gasteiger partial charge in [-0.1, -0.05) is 11.6 Å². The molecule has 1 aromatic carbocycles. The topological polar surface area (TPSA) is 72.2 Å².